The summed E-state index contributed by atoms with van der Waals surface area (Å²) in [6.45, 7) is -0.830. The van der Waals surface area contributed by atoms with Crippen LogP contribution in [0.3, 0.4) is 0 Å². The highest BCUT2D eigenvalue weighted by Crippen LogP contribution is 2.35. The summed E-state index contributed by atoms with van der Waals surface area (Å²) in [5, 5.41) is 20.0. The molecule has 2 aromatic rings. The Morgan fingerprint density at radius 3 is 2.85 bits per heavy atom. The number of anilines is 1. The number of nitro benzene ring substituents is 1. The van der Waals surface area contributed by atoms with Gasteiger partial charge in [-0.15, -0.1) is 0 Å². The molecule has 0 radical (unpaired) electrons. The van der Waals surface area contributed by atoms with Crippen LogP contribution in [0.1, 0.15) is 11.1 Å². The second-order valence-electron chi connectivity index (χ2n) is 5.61. The number of nitro groups is 1. The Bertz CT molecular complexity index is 966. The molecule has 9 heteroatoms. The average Bonchev–Trinajstić information content (AvgIpc) is 2.68. The van der Waals surface area contributed by atoms with Crippen LogP contribution in [0, 0.1) is 21.4 Å². The van der Waals surface area contributed by atoms with E-state index in [1.807, 2.05) is 6.07 Å². The molecule has 1 aliphatic heterocycles. The number of nitrogens with zero attached hydrogens (tertiary/aromatic N) is 3. The molecule has 0 fully saturated rings. The lowest BCUT2D eigenvalue weighted by molar-refractivity contribution is -0.384. The van der Waals surface area contributed by atoms with Crippen LogP contribution in [0.4, 0.5) is 11.4 Å². The van der Waals surface area contributed by atoms with Gasteiger partial charge in [-0.2, -0.15) is 5.26 Å². The zero-order chi connectivity index (χ0) is 19.4. The van der Waals surface area contributed by atoms with Crippen LogP contribution >= 0.6 is 0 Å². The summed E-state index contributed by atoms with van der Waals surface area (Å²) in [5.41, 5.74) is 0.828. The first kappa shape index (κ1) is 17.9. The van der Waals surface area contributed by atoms with Gasteiger partial charge in [0, 0.05) is 17.7 Å². The molecular formula is C18H13N3O6. The predicted octanol–water partition coefficient (Wildman–Crippen LogP) is 1.94. The number of esters is 1. The number of non-ortho nitro benzene ring substituents is 1. The van der Waals surface area contributed by atoms with E-state index >= 15 is 0 Å². The third-order valence-corrected chi connectivity index (χ3v) is 3.91. The summed E-state index contributed by atoms with van der Waals surface area (Å²) in [5.74, 6) is -0.962. The van der Waals surface area contributed by atoms with Crippen LogP contribution in [0.5, 0.6) is 5.75 Å². The Balaban J connectivity index is 1.74. The molecule has 0 bridgehead atoms. The molecule has 1 amide bonds. The highest BCUT2D eigenvalue weighted by molar-refractivity contribution is 6.01. The number of carbonyl (C=O) groups is 2. The summed E-state index contributed by atoms with van der Waals surface area (Å²) < 4.78 is 10.4. The zero-order valence-electron chi connectivity index (χ0n) is 14.0. The van der Waals surface area contributed by atoms with Crippen molar-refractivity contribution in [1.29, 1.82) is 5.26 Å². The van der Waals surface area contributed by atoms with Gasteiger partial charge in [0.2, 0.25) is 0 Å². The number of rotatable bonds is 5. The van der Waals surface area contributed by atoms with Crippen LogP contribution < -0.4 is 9.64 Å². The van der Waals surface area contributed by atoms with E-state index in [9.17, 15) is 19.7 Å². The van der Waals surface area contributed by atoms with Gasteiger partial charge in [-0.05, 0) is 12.1 Å². The summed E-state index contributed by atoms with van der Waals surface area (Å²) in [6.07, 6.45) is 0. The standard InChI is InChI=1S/C18H13N3O6/c19-8-12-3-1-2-4-13(12)10-27-18(23)9-20-15-7-14(21(24)25)5-6-16(15)26-11-17(20)22/h1-7H,9-11H2. The van der Waals surface area contributed by atoms with Crippen molar-refractivity contribution in [3.05, 3.63) is 63.7 Å². The van der Waals surface area contributed by atoms with Crippen molar-refractivity contribution in [3.63, 3.8) is 0 Å². The van der Waals surface area contributed by atoms with Crippen molar-refractivity contribution in [1.82, 2.24) is 0 Å². The quantitative estimate of drug-likeness (QED) is 0.449. The number of benzene rings is 2. The minimum absolute atomic E-state index is 0.122. The number of hydrogen-bond donors (Lipinski definition) is 0. The maximum Gasteiger partial charge on any atom is 0.326 e. The van der Waals surface area contributed by atoms with E-state index < -0.39 is 23.3 Å². The largest absolute Gasteiger partial charge is 0.482 e. The van der Waals surface area contributed by atoms with Gasteiger partial charge in [-0.25, -0.2) is 0 Å². The van der Waals surface area contributed by atoms with Crippen LogP contribution in [-0.2, 0) is 20.9 Å². The maximum atomic E-state index is 12.2. The smallest absolute Gasteiger partial charge is 0.326 e. The zero-order valence-corrected chi connectivity index (χ0v) is 14.0. The molecule has 2 aromatic carbocycles. The SMILES string of the molecule is N#Cc1ccccc1COC(=O)CN1C(=O)COc2ccc([N+](=O)[O-])cc21. The lowest BCUT2D eigenvalue weighted by atomic mass is 10.1. The minimum Gasteiger partial charge on any atom is -0.482 e. The monoisotopic (exact) mass is 367 g/mol. The molecule has 0 aliphatic carbocycles. The third-order valence-electron chi connectivity index (χ3n) is 3.91. The predicted molar refractivity (Wildman–Crippen MR) is 91.9 cm³/mol. The van der Waals surface area contributed by atoms with Crippen molar-refractivity contribution in [2.75, 3.05) is 18.1 Å². The molecule has 0 saturated carbocycles. The lowest BCUT2D eigenvalue weighted by Gasteiger charge is -2.28. The summed E-state index contributed by atoms with van der Waals surface area (Å²) in [6, 6.07) is 12.5. The van der Waals surface area contributed by atoms with Crippen molar-refractivity contribution in [3.8, 4) is 11.8 Å². The molecule has 1 aliphatic rings. The van der Waals surface area contributed by atoms with E-state index in [0.29, 0.717) is 11.1 Å². The minimum atomic E-state index is -0.713. The van der Waals surface area contributed by atoms with Gasteiger partial charge in [0.1, 0.15) is 18.9 Å². The Labute approximate surface area is 153 Å². The highest BCUT2D eigenvalue weighted by atomic mass is 16.6. The first-order valence-corrected chi connectivity index (χ1v) is 7.85. The van der Waals surface area contributed by atoms with Gasteiger partial charge in [0.15, 0.2) is 6.61 Å². The Morgan fingerprint density at radius 1 is 1.33 bits per heavy atom. The van der Waals surface area contributed by atoms with Gasteiger partial charge in [0.05, 0.1) is 22.2 Å². The van der Waals surface area contributed by atoms with Crippen LogP contribution in [-0.4, -0.2) is 30.0 Å². The second kappa shape index (κ2) is 7.53. The van der Waals surface area contributed by atoms with E-state index in [2.05, 4.69) is 0 Å². The van der Waals surface area contributed by atoms with Crippen LogP contribution in [0.25, 0.3) is 0 Å². The summed E-state index contributed by atoms with van der Waals surface area (Å²) in [4.78, 5) is 35.8. The van der Waals surface area contributed by atoms with Crippen molar-refractivity contribution in [2.24, 2.45) is 0 Å². The molecular weight excluding hydrogens is 354 g/mol. The van der Waals surface area contributed by atoms with Gasteiger partial charge in [0.25, 0.3) is 11.6 Å². The Kier molecular flexibility index (Phi) is 4.99. The molecule has 136 valence electrons. The number of fused-ring (bicyclic) bond motifs is 1. The van der Waals surface area contributed by atoms with Crippen LogP contribution in [0.2, 0.25) is 0 Å². The molecule has 0 atom stereocenters. The number of hydrogen-bond acceptors (Lipinski definition) is 7. The van der Waals surface area contributed by atoms with Gasteiger partial charge in [-0.1, -0.05) is 18.2 Å². The fourth-order valence-corrected chi connectivity index (χ4v) is 2.57. The molecule has 0 spiro atoms. The Hall–Kier alpha value is -3.93. The fourth-order valence-electron chi connectivity index (χ4n) is 2.57. The topological polar surface area (TPSA) is 123 Å². The molecule has 3 rings (SSSR count). The van der Waals surface area contributed by atoms with Gasteiger partial charge >= 0.3 is 5.97 Å². The molecule has 1 heterocycles. The Morgan fingerprint density at radius 2 is 2.11 bits per heavy atom. The second-order valence-corrected chi connectivity index (χ2v) is 5.61. The van der Waals surface area contributed by atoms with E-state index in [4.69, 9.17) is 14.7 Å². The van der Waals surface area contributed by atoms with Crippen molar-refractivity contribution < 1.29 is 24.0 Å². The number of nitriles is 1. The fraction of sp³-hybridized carbons (Fsp3) is 0.167. The average molecular weight is 367 g/mol. The molecule has 0 unspecified atom stereocenters. The van der Waals surface area contributed by atoms with Crippen molar-refractivity contribution in [2.45, 2.75) is 6.61 Å². The number of amides is 1. The molecule has 9 nitrogen and oxygen atoms in total. The number of carbonyl (C=O) groups excluding carboxylic acids is 2. The van der Waals surface area contributed by atoms with Crippen molar-refractivity contribution >= 4 is 23.3 Å². The first-order valence-electron chi connectivity index (χ1n) is 7.85. The van der Waals surface area contributed by atoms with E-state index in [-0.39, 0.29) is 30.3 Å². The number of ether oxygens (including phenoxy) is 2. The maximum absolute atomic E-state index is 12.2. The van der Waals surface area contributed by atoms with Gasteiger partial charge < -0.3 is 9.47 Å². The van der Waals surface area contributed by atoms with Gasteiger partial charge in [-0.3, -0.25) is 24.6 Å². The third kappa shape index (κ3) is 3.85. The van der Waals surface area contributed by atoms with E-state index in [1.165, 1.54) is 18.2 Å². The molecule has 0 aromatic heterocycles. The molecule has 0 saturated heterocycles. The molecule has 0 N–H and O–H groups in total. The molecule has 27 heavy (non-hydrogen) atoms. The highest BCUT2D eigenvalue weighted by Gasteiger charge is 2.29. The lowest BCUT2D eigenvalue weighted by Crippen LogP contribution is -2.42. The summed E-state index contributed by atoms with van der Waals surface area (Å²) in [7, 11) is 0. The summed E-state index contributed by atoms with van der Waals surface area (Å²) >= 11 is 0. The first-order chi connectivity index (χ1) is 13.0. The van der Waals surface area contributed by atoms with E-state index in [1.54, 1.807) is 24.3 Å². The van der Waals surface area contributed by atoms with Crippen LogP contribution in [0.15, 0.2) is 42.5 Å². The van der Waals surface area contributed by atoms with E-state index in [0.717, 1.165) is 4.90 Å². The normalized spacial score (nSPS) is 12.6.